The smallest absolute Gasteiger partial charge is 0.179 e. The molecule has 0 spiro atoms. The second kappa shape index (κ2) is 3.90. The number of ether oxygens (including phenoxy) is 1. The number of carbonyl (C=O) groups is 1. The van der Waals surface area contributed by atoms with Gasteiger partial charge in [-0.25, -0.2) is 0 Å². The van der Waals surface area contributed by atoms with E-state index in [4.69, 9.17) is 4.74 Å². The molecular weight excluding hydrogens is 178 g/mol. The van der Waals surface area contributed by atoms with Crippen molar-refractivity contribution in [1.82, 2.24) is 5.32 Å². The van der Waals surface area contributed by atoms with Crippen molar-refractivity contribution in [3.63, 3.8) is 0 Å². The summed E-state index contributed by atoms with van der Waals surface area (Å²) in [5.74, 6) is 0. The van der Waals surface area contributed by atoms with E-state index in [1.165, 1.54) is 0 Å². The molecule has 0 bridgehead atoms. The van der Waals surface area contributed by atoms with Gasteiger partial charge in [0.05, 0.1) is 6.61 Å². The average molecular weight is 191 g/mol. The van der Waals surface area contributed by atoms with Crippen LogP contribution < -0.4 is 5.32 Å². The monoisotopic (exact) mass is 191 g/mol. The van der Waals surface area contributed by atoms with Crippen LogP contribution in [0.15, 0.2) is 30.3 Å². The van der Waals surface area contributed by atoms with Gasteiger partial charge in [-0.05, 0) is 5.56 Å². The van der Waals surface area contributed by atoms with Gasteiger partial charge in [0.1, 0.15) is 0 Å². The zero-order valence-electron chi connectivity index (χ0n) is 7.90. The van der Waals surface area contributed by atoms with Gasteiger partial charge in [-0.2, -0.15) is 0 Å². The molecular formula is C11H13NO2. The Kier molecular flexibility index (Phi) is 2.61. The van der Waals surface area contributed by atoms with E-state index in [1.807, 2.05) is 30.3 Å². The predicted molar refractivity (Wildman–Crippen MR) is 52.9 cm³/mol. The zero-order valence-corrected chi connectivity index (χ0v) is 7.90. The van der Waals surface area contributed by atoms with Crippen molar-refractivity contribution >= 4 is 6.29 Å². The second-order valence-corrected chi connectivity index (χ2v) is 3.44. The molecule has 0 unspecified atom stereocenters. The largest absolute Gasteiger partial charge is 0.352 e. The third-order valence-corrected chi connectivity index (χ3v) is 2.39. The van der Waals surface area contributed by atoms with Crippen LogP contribution in [-0.2, 0) is 16.0 Å². The van der Waals surface area contributed by atoms with Crippen molar-refractivity contribution in [2.45, 2.75) is 12.1 Å². The van der Waals surface area contributed by atoms with Crippen molar-refractivity contribution < 1.29 is 9.53 Å². The maximum absolute atomic E-state index is 10.9. The van der Waals surface area contributed by atoms with Crippen LogP contribution in [0.4, 0.5) is 0 Å². The van der Waals surface area contributed by atoms with Crippen LogP contribution in [-0.4, -0.2) is 25.2 Å². The molecule has 1 N–H and O–H groups in total. The summed E-state index contributed by atoms with van der Waals surface area (Å²) in [6.45, 7) is 1.34. The summed E-state index contributed by atoms with van der Waals surface area (Å²) in [5.41, 5.74) is 0.315. The number of aldehydes is 1. The van der Waals surface area contributed by atoms with Gasteiger partial charge in [-0.1, -0.05) is 30.3 Å². The highest BCUT2D eigenvalue weighted by molar-refractivity contribution is 5.63. The minimum Gasteiger partial charge on any atom is -0.352 e. The Morgan fingerprint density at radius 3 is 2.79 bits per heavy atom. The summed E-state index contributed by atoms with van der Waals surface area (Å²) in [5, 5.41) is 3.08. The van der Waals surface area contributed by atoms with Gasteiger partial charge in [0.2, 0.25) is 0 Å². The minimum atomic E-state index is -0.790. The van der Waals surface area contributed by atoms with Crippen LogP contribution in [0, 0.1) is 0 Å². The van der Waals surface area contributed by atoms with Crippen molar-refractivity contribution in [3.05, 3.63) is 35.9 Å². The summed E-state index contributed by atoms with van der Waals surface area (Å²) in [4.78, 5) is 10.9. The first-order valence-corrected chi connectivity index (χ1v) is 4.74. The summed E-state index contributed by atoms with van der Waals surface area (Å²) >= 11 is 0. The first-order valence-electron chi connectivity index (χ1n) is 4.74. The zero-order chi connectivity index (χ0) is 9.86. The third kappa shape index (κ3) is 1.84. The molecule has 1 aliphatic heterocycles. The molecule has 0 saturated carbocycles. The highest BCUT2D eigenvalue weighted by Crippen LogP contribution is 2.16. The quantitative estimate of drug-likeness (QED) is 0.716. The van der Waals surface area contributed by atoms with Gasteiger partial charge in [-0.15, -0.1) is 0 Å². The van der Waals surface area contributed by atoms with Gasteiger partial charge < -0.3 is 4.74 Å². The summed E-state index contributed by atoms with van der Waals surface area (Å²) in [6, 6.07) is 9.87. The number of hydrogen-bond acceptors (Lipinski definition) is 3. The lowest BCUT2D eigenvalue weighted by atomic mass is 10.0. The van der Waals surface area contributed by atoms with Crippen molar-refractivity contribution in [2.24, 2.45) is 0 Å². The summed E-state index contributed by atoms with van der Waals surface area (Å²) < 4.78 is 5.41. The average Bonchev–Trinajstić information content (AvgIpc) is 2.69. The fraction of sp³-hybridized carbons (Fsp3) is 0.364. The molecule has 1 heterocycles. The van der Waals surface area contributed by atoms with E-state index >= 15 is 0 Å². The Bertz CT molecular complexity index is 304. The summed E-state index contributed by atoms with van der Waals surface area (Å²) in [6.07, 6.45) is 1.45. The molecule has 0 amide bonds. The molecule has 1 atom stereocenters. The topological polar surface area (TPSA) is 38.3 Å². The molecule has 14 heavy (non-hydrogen) atoms. The fourth-order valence-electron chi connectivity index (χ4n) is 1.68. The summed E-state index contributed by atoms with van der Waals surface area (Å²) in [7, 11) is 0. The number of rotatable bonds is 3. The fourth-order valence-corrected chi connectivity index (χ4v) is 1.68. The van der Waals surface area contributed by atoms with E-state index in [9.17, 15) is 4.79 Å². The molecule has 1 aromatic carbocycles. The van der Waals surface area contributed by atoms with Crippen LogP contribution in [0.25, 0.3) is 0 Å². The van der Waals surface area contributed by atoms with Crippen molar-refractivity contribution in [3.8, 4) is 0 Å². The normalized spacial score (nSPS) is 26.3. The molecule has 1 fully saturated rings. The lowest BCUT2D eigenvalue weighted by Crippen LogP contribution is -2.44. The Hall–Kier alpha value is -1.19. The molecule has 3 heteroatoms. The van der Waals surface area contributed by atoms with E-state index in [-0.39, 0.29) is 0 Å². The number of carbonyl (C=O) groups excluding carboxylic acids is 1. The molecule has 0 radical (unpaired) electrons. The SMILES string of the molecule is O=C[C@@]1(Cc2ccccc2)NCCO1. The molecule has 0 aliphatic carbocycles. The Morgan fingerprint density at radius 1 is 1.43 bits per heavy atom. The van der Waals surface area contributed by atoms with E-state index in [1.54, 1.807) is 0 Å². The minimum absolute atomic E-state index is 0.595. The lowest BCUT2D eigenvalue weighted by Gasteiger charge is -2.21. The molecule has 1 aromatic rings. The second-order valence-electron chi connectivity index (χ2n) is 3.44. The third-order valence-electron chi connectivity index (χ3n) is 2.39. The Morgan fingerprint density at radius 2 is 2.21 bits per heavy atom. The molecule has 1 saturated heterocycles. The number of hydrogen-bond donors (Lipinski definition) is 1. The van der Waals surface area contributed by atoms with Gasteiger partial charge in [-0.3, -0.25) is 10.1 Å². The number of nitrogens with one attached hydrogen (secondary N) is 1. The number of benzene rings is 1. The van der Waals surface area contributed by atoms with Gasteiger partial charge in [0, 0.05) is 13.0 Å². The van der Waals surface area contributed by atoms with Gasteiger partial charge in [0.15, 0.2) is 12.0 Å². The van der Waals surface area contributed by atoms with Crippen LogP contribution >= 0.6 is 0 Å². The highest BCUT2D eigenvalue weighted by Gasteiger charge is 2.34. The molecule has 74 valence electrons. The van der Waals surface area contributed by atoms with Crippen molar-refractivity contribution in [1.29, 1.82) is 0 Å². The first-order chi connectivity index (χ1) is 6.85. The van der Waals surface area contributed by atoms with Gasteiger partial charge in [0.25, 0.3) is 0 Å². The lowest BCUT2D eigenvalue weighted by molar-refractivity contribution is -0.127. The van der Waals surface area contributed by atoms with E-state index in [0.29, 0.717) is 13.0 Å². The van der Waals surface area contributed by atoms with Gasteiger partial charge >= 0.3 is 0 Å². The molecule has 0 aromatic heterocycles. The maximum Gasteiger partial charge on any atom is 0.179 e. The Balaban J connectivity index is 2.12. The molecule has 2 rings (SSSR count). The van der Waals surface area contributed by atoms with Crippen LogP contribution in [0.3, 0.4) is 0 Å². The first kappa shape index (κ1) is 9.37. The highest BCUT2D eigenvalue weighted by atomic mass is 16.5. The van der Waals surface area contributed by atoms with E-state index in [0.717, 1.165) is 18.4 Å². The maximum atomic E-state index is 10.9. The van der Waals surface area contributed by atoms with E-state index < -0.39 is 5.72 Å². The Labute approximate surface area is 83.1 Å². The van der Waals surface area contributed by atoms with Crippen molar-refractivity contribution in [2.75, 3.05) is 13.2 Å². The van der Waals surface area contributed by atoms with Crippen LogP contribution in [0.2, 0.25) is 0 Å². The predicted octanol–water partition coefficient (Wildman–Crippen LogP) is 0.744. The molecule has 3 nitrogen and oxygen atoms in total. The standard InChI is InChI=1S/C11H13NO2/c13-9-11(12-6-7-14-11)8-10-4-2-1-3-5-10/h1-5,9,12H,6-8H2/t11-/m0/s1. The van der Waals surface area contributed by atoms with E-state index in [2.05, 4.69) is 5.32 Å². The van der Waals surface area contributed by atoms with Crippen LogP contribution in [0.1, 0.15) is 5.56 Å². The van der Waals surface area contributed by atoms with Crippen LogP contribution in [0.5, 0.6) is 0 Å². The molecule has 1 aliphatic rings.